The highest BCUT2D eigenvalue weighted by Crippen LogP contribution is 2.19. The SMILES string of the molecule is CC(C)C(NC(=O)C(Cc1c[nH]c2ccccc12)NC(=O)C(CCC(=O)O)NC(=O)C(N)CCC(=O)O)C(=O)O. The average Bonchev–Trinajstić information content (AvgIpc) is 3.29. The van der Waals surface area contributed by atoms with Gasteiger partial charge in [-0.2, -0.15) is 0 Å². The van der Waals surface area contributed by atoms with Crippen LogP contribution in [0.15, 0.2) is 30.5 Å². The number of H-pyrrole nitrogens is 1. The number of aromatic amines is 1. The summed E-state index contributed by atoms with van der Waals surface area (Å²) in [7, 11) is 0. The van der Waals surface area contributed by atoms with Gasteiger partial charge in [0.25, 0.3) is 0 Å². The molecule has 2 rings (SSSR count). The summed E-state index contributed by atoms with van der Waals surface area (Å²) in [5.74, 6) is -6.69. The molecule has 1 heterocycles. The zero-order valence-electron chi connectivity index (χ0n) is 22.2. The third-order valence-corrected chi connectivity index (χ3v) is 6.25. The molecule has 0 fully saturated rings. The van der Waals surface area contributed by atoms with Crippen molar-refractivity contribution in [1.82, 2.24) is 20.9 Å². The van der Waals surface area contributed by atoms with Gasteiger partial charge in [-0.25, -0.2) is 4.79 Å². The van der Waals surface area contributed by atoms with Crippen LogP contribution in [0.25, 0.3) is 10.9 Å². The Labute approximate surface area is 229 Å². The Bertz CT molecular complexity index is 1240. The Hall–Kier alpha value is -4.46. The Kier molecular flexibility index (Phi) is 11.6. The first-order valence-electron chi connectivity index (χ1n) is 12.7. The predicted molar refractivity (Wildman–Crippen MR) is 142 cm³/mol. The van der Waals surface area contributed by atoms with Crippen LogP contribution in [0.1, 0.15) is 45.1 Å². The zero-order valence-corrected chi connectivity index (χ0v) is 22.2. The number of carboxylic acids is 3. The monoisotopic (exact) mass is 561 g/mol. The molecule has 0 aliphatic heterocycles. The lowest BCUT2D eigenvalue weighted by molar-refractivity contribution is -0.143. The average molecular weight is 562 g/mol. The Morgan fingerprint density at radius 1 is 0.825 bits per heavy atom. The first-order chi connectivity index (χ1) is 18.8. The molecule has 4 unspecified atom stereocenters. The molecular formula is C26H35N5O9. The molecule has 14 nitrogen and oxygen atoms in total. The maximum atomic E-state index is 13.3. The van der Waals surface area contributed by atoms with Crippen LogP contribution < -0.4 is 21.7 Å². The molecule has 0 bridgehead atoms. The van der Waals surface area contributed by atoms with Crippen molar-refractivity contribution >= 4 is 46.5 Å². The number of nitrogens with one attached hydrogen (secondary N) is 4. The van der Waals surface area contributed by atoms with Crippen LogP contribution in [0, 0.1) is 5.92 Å². The molecule has 0 aliphatic carbocycles. The third kappa shape index (κ3) is 9.38. The highest BCUT2D eigenvalue weighted by molar-refractivity contribution is 5.95. The highest BCUT2D eigenvalue weighted by Gasteiger charge is 2.32. The second-order valence-corrected chi connectivity index (χ2v) is 9.73. The van der Waals surface area contributed by atoms with Crippen molar-refractivity contribution in [3.63, 3.8) is 0 Å². The molecular weight excluding hydrogens is 526 g/mol. The van der Waals surface area contributed by atoms with E-state index in [4.69, 9.17) is 15.9 Å². The van der Waals surface area contributed by atoms with Gasteiger partial charge in [0.15, 0.2) is 0 Å². The lowest BCUT2D eigenvalue weighted by atomic mass is 10.0. The smallest absolute Gasteiger partial charge is 0.326 e. The van der Waals surface area contributed by atoms with Gasteiger partial charge in [-0.05, 0) is 30.4 Å². The number of fused-ring (bicyclic) bond motifs is 1. The van der Waals surface area contributed by atoms with Gasteiger partial charge in [0.2, 0.25) is 17.7 Å². The molecule has 0 aliphatic rings. The Balaban J connectivity index is 2.31. The number of hydrogen-bond acceptors (Lipinski definition) is 7. The number of aromatic nitrogens is 1. The van der Waals surface area contributed by atoms with Crippen LogP contribution in [0.2, 0.25) is 0 Å². The van der Waals surface area contributed by atoms with Gasteiger partial charge in [0.05, 0.1) is 6.04 Å². The van der Waals surface area contributed by atoms with Gasteiger partial charge >= 0.3 is 17.9 Å². The van der Waals surface area contributed by atoms with Crippen molar-refractivity contribution in [2.24, 2.45) is 11.7 Å². The number of carbonyl (C=O) groups excluding carboxylic acids is 3. The van der Waals surface area contributed by atoms with E-state index in [9.17, 15) is 33.9 Å². The number of rotatable bonds is 16. The summed E-state index contributed by atoms with van der Waals surface area (Å²) < 4.78 is 0. The number of benzene rings is 1. The van der Waals surface area contributed by atoms with Crippen molar-refractivity contribution in [1.29, 1.82) is 0 Å². The van der Waals surface area contributed by atoms with E-state index >= 15 is 0 Å². The number of carbonyl (C=O) groups is 6. The van der Waals surface area contributed by atoms with E-state index in [1.54, 1.807) is 32.2 Å². The molecule has 14 heteroatoms. The topological polar surface area (TPSA) is 241 Å². The number of hydrogen-bond donors (Lipinski definition) is 8. The van der Waals surface area contributed by atoms with Crippen LogP contribution in [-0.4, -0.2) is 80.1 Å². The molecule has 9 N–H and O–H groups in total. The maximum absolute atomic E-state index is 13.3. The van der Waals surface area contributed by atoms with E-state index < -0.39 is 78.6 Å². The zero-order chi connectivity index (χ0) is 30.0. The molecule has 1 aromatic carbocycles. The van der Waals surface area contributed by atoms with Crippen LogP contribution in [0.5, 0.6) is 0 Å². The summed E-state index contributed by atoms with van der Waals surface area (Å²) >= 11 is 0. The predicted octanol–water partition coefficient (Wildman–Crippen LogP) is -0.0377. The van der Waals surface area contributed by atoms with Gasteiger partial charge in [0.1, 0.15) is 18.1 Å². The molecule has 2 aromatic rings. The first kappa shape index (κ1) is 31.8. The fraction of sp³-hybridized carbons (Fsp3) is 0.462. The molecule has 3 amide bonds. The van der Waals surface area contributed by atoms with Gasteiger partial charge in [-0.15, -0.1) is 0 Å². The molecule has 0 saturated heterocycles. The summed E-state index contributed by atoms with van der Waals surface area (Å²) in [4.78, 5) is 75.8. The van der Waals surface area contributed by atoms with Crippen molar-refractivity contribution in [2.45, 2.75) is 70.1 Å². The third-order valence-electron chi connectivity index (χ3n) is 6.25. The van der Waals surface area contributed by atoms with E-state index in [2.05, 4.69) is 20.9 Å². The minimum atomic E-state index is -1.42. The number of nitrogens with two attached hydrogens (primary N) is 1. The normalized spacial score (nSPS) is 14.1. The number of carboxylic acid groups (broad SMARTS) is 3. The number of para-hydroxylation sites is 1. The molecule has 0 saturated carbocycles. The number of amides is 3. The molecule has 4 atom stereocenters. The van der Waals surface area contributed by atoms with Crippen molar-refractivity contribution < 1.29 is 44.1 Å². The van der Waals surface area contributed by atoms with Crippen molar-refractivity contribution in [2.75, 3.05) is 0 Å². The minimum absolute atomic E-state index is 0.0518. The molecule has 40 heavy (non-hydrogen) atoms. The van der Waals surface area contributed by atoms with Crippen LogP contribution in [0.4, 0.5) is 0 Å². The summed E-state index contributed by atoms with van der Waals surface area (Å²) in [6.07, 6.45) is 0.142. The summed E-state index contributed by atoms with van der Waals surface area (Å²) in [5, 5.41) is 35.5. The maximum Gasteiger partial charge on any atom is 0.326 e. The second-order valence-electron chi connectivity index (χ2n) is 9.73. The Morgan fingerprint density at radius 3 is 2.00 bits per heavy atom. The second kappa shape index (κ2) is 14.6. The molecule has 1 aromatic heterocycles. The minimum Gasteiger partial charge on any atom is -0.481 e. The van der Waals surface area contributed by atoms with Gasteiger partial charge in [0, 0.05) is 36.4 Å². The molecule has 0 spiro atoms. The molecule has 218 valence electrons. The first-order valence-corrected chi connectivity index (χ1v) is 12.7. The highest BCUT2D eigenvalue weighted by atomic mass is 16.4. The lowest BCUT2D eigenvalue weighted by Crippen LogP contribution is -2.58. The summed E-state index contributed by atoms with van der Waals surface area (Å²) in [6.45, 7) is 3.22. The van der Waals surface area contributed by atoms with Crippen LogP contribution in [0.3, 0.4) is 0 Å². The van der Waals surface area contributed by atoms with Crippen molar-refractivity contribution in [3.05, 3.63) is 36.0 Å². The summed E-state index contributed by atoms with van der Waals surface area (Å²) in [5.41, 5.74) is 7.15. The van der Waals surface area contributed by atoms with Gasteiger partial charge < -0.3 is 42.0 Å². The quantitative estimate of drug-likeness (QED) is 0.136. The van der Waals surface area contributed by atoms with Crippen LogP contribution >= 0.6 is 0 Å². The lowest BCUT2D eigenvalue weighted by Gasteiger charge is -2.26. The van der Waals surface area contributed by atoms with Crippen LogP contribution in [-0.2, 0) is 35.2 Å². The van der Waals surface area contributed by atoms with E-state index in [-0.39, 0.29) is 19.3 Å². The summed E-state index contributed by atoms with van der Waals surface area (Å²) in [6, 6.07) is 1.99. The fourth-order valence-electron chi connectivity index (χ4n) is 3.99. The van der Waals surface area contributed by atoms with Gasteiger partial charge in [-0.3, -0.25) is 24.0 Å². The standard InChI is InChI=1S/C26H35N5O9/c1-13(2)22(26(39)40)31-25(38)19(11-14-12-28-17-6-4-3-5-15(14)17)30-24(37)18(8-10-21(34)35)29-23(36)16(27)7-9-20(32)33/h3-6,12-13,16,18-19,22,28H,7-11,27H2,1-2H3,(H,29,36)(H,30,37)(H,31,38)(H,32,33)(H,34,35)(H,39,40). The van der Waals surface area contributed by atoms with Gasteiger partial charge in [-0.1, -0.05) is 32.0 Å². The van der Waals surface area contributed by atoms with E-state index in [0.29, 0.717) is 5.56 Å². The number of aliphatic carboxylic acids is 3. The van der Waals surface area contributed by atoms with E-state index in [1.165, 1.54) is 0 Å². The fourth-order valence-corrected chi connectivity index (χ4v) is 3.99. The molecule has 0 radical (unpaired) electrons. The van der Waals surface area contributed by atoms with E-state index in [1.807, 2.05) is 12.1 Å². The van der Waals surface area contributed by atoms with E-state index in [0.717, 1.165) is 10.9 Å². The largest absolute Gasteiger partial charge is 0.481 e. The Morgan fingerprint density at radius 2 is 1.40 bits per heavy atom. The van der Waals surface area contributed by atoms with Crippen molar-refractivity contribution in [3.8, 4) is 0 Å².